The van der Waals surface area contributed by atoms with Gasteiger partial charge in [-0.1, -0.05) is 30.3 Å². The molecule has 0 saturated carbocycles. The summed E-state index contributed by atoms with van der Waals surface area (Å²) in [5, 5.41) is 4.54. The summed E-state index contributed by atoms with van der Waals surface area (Å²) in [6, 6.07) is 12.8. The Morgan fingerprint density at radius 1 is 0.931 bits per heavy atom. The maximum Gasteiger partial charge on any atom is 0.174 e. The third-order valence-electron chi connectivity index (χ3n) is 5.53. The topological polar surface area (TPSA) is 50.1 Å². The van der Waals surface area contributed by atoms with Gasteiger partial charge in [0.1, 0.15) is 5.82 Å². The highest BCUT2D eigenvalue weighted by molar-refractivity contribution is 5.40. The number of aryl methyl sites for hydroxylation is 3. The Morgan fingerprint density at radius 2 is 1.76 bits per heavy atom. The van der Waals surface area contributed by atoms with E-state index in [1.165, 1.54) is 12.0 Å². The van der Waals surface area contributed by atoms with E-state index >= 15 is 0 Å². The molecule has 3 heterocycles. The molecule has 0 amide bonds. The van der Waals surface area contributed by atoms with Gasteiger partial charge in [-0.25, -0.2) is 9.67 Å². The maximum absolute atomic E-state index is 4.85. The number of hydrogen-bond donors (Lipinski definition) is 0. The van der Waals surface area contributed by atoms with Crippen molar-refractivity contribution in [2.24, 2.45) is 0 Å². The average molecular weight is 391 g/mol. The molecule has 1 saturated heterocycles. The van der Waals surface area contributed by atoms with Gasteiger partial charge in [0, 0.05) is 25.3 Å². The van der Waals surface area contributed by atoms with Crippen molar-refractivity contribution < 1.29 is 0 Å². The van der Waals surface area contributed by atoms with Crippen molar-refractivity contribution in [1.82, 2.24) is 24.6 Å². The predicted octanol–water partition coefficient (Wildman–Crippen LogP) is 3.42. The van der Waals surface area contributed by atoms with Crippen LogP contribution in [-0.2, 0) is 6.42 Å². The zero-order valence-corrected chi connectivity index (χ0v) is 17.5. The van der Waals surface area contributed by atoms with Gasteiger partial charge in [-0.05, 0) is 57.8 Å². The lowest BCUT2D eigenvalue weighted by molar-refractivity contribution is 0.290. The Bertz CT molecular complexity index is 920. The lowest BCUT2D eigenvalue weighted by Crippen LogP contribution is -2.32. The van der Waals surface area contributed by atoms with Crippen LogP contribution in [0.3, 0.4) is 0 Å². The highest BCUT2D eigenvalue weighted by Crippen LogP contribution is 2.16. The highest BCUT2D eigenvalue weighted by atomic mass is 15.3. The molecule has 29 heavy (non-hydrogen) atoms. The van der Waals surface area contributed by atoms with E-state index in [0.717, 1.165) is 68.6 Å². The molecule has 6 heteroatoms. The van der Waals surface area contributed by atoms with Gasteiger partial charge in [0.25, 0.3) is 0 Å². The Morgan fingerprint density at radius 3 is 2.55 bits per heavy atom. The predicted molar refractivity (Wildman–Crippen MR) is 117 cm³/mol. The van der Waals surface area contributed by atoms with Crippen LogP contribution in [0.1, 0.15) is 29.8 Å². The number of hydrogen-bond acceptors (Lipinski definition) is 5. The first kappa shape index (κ1) is 19.6. The summed E-state index contributed by atoms with van der Waals surface area (Å²) < 4.78 is 1.87. The number of aromatic nitrogens is 4. The van der Waals surface area contributed by atoms with Crippen LogP contribution in [0, 0.1) is 13.8 Å². The minimum atomic E-state index is 0.789. The standard InChI is InChI=1S/C23H30N6/c1-19-16-20(2)29(26-19)23-18-24-17-22(25-23)28-13-7-12-27(14-15-28)11-6-10-21-8-4-3-5-9-21/h3-5,8-9,16-18H,6-7,10-15H2,1-2H3. The summed E-state index contributed by atoms with van der Waals surface area (Å²) in [6.07, 6.45) is 7.17. The van der Waals surface area contributed by atoms with Crippen molar-refractivity contribution in [3.63, 3.8) is 0 Å². The van der Waals surface area contributed by atoms with Crippen molar-refractivity contribution in [2.75, 3.05) is 37.6 Å². The second-order valence-corrected chi connectivity index (χ2v) is 7.85. The van der Waals surface area contributed by atoms with E-state index in [1.807, 2.05) is 24.7 Å². The molecule has 2 aromatic heterocycles. The molecule has 1 aliphatic rings. The number of rotatable bonds is 6. The van der Waals surface area contributed by atoms with Crippen molar-refractivity contribution in [3.05, 3.63) is 65.7 Å². The monoisotopic (exact) mass is 390 g/mol. The molecule has 0 unspecified atom stereocenters. The van der Waals surface area contributed by atoms with Crippen LogP contribution in [-0.4, -0.2) is 57.4 Å². The van der Waals surface area contributed by atoms with Crippen molar-refractivity contribution in [1.29, 1.82) is 0 Å². The second kappa shape index (κ2) is 9.18. The molecule has 3 aromatic rings. The van der Waals surface area contributed by atoms with Crippen molar-refractivity contribution in [3.8, 4) is 5.82 Å². The normalized spacial score (nSPS) is 15.4. The fourth-order valence-electron chi connectivity index (χ4n) is 4.04. The summed E-state index contributed by atoms with van der Waals surface area (Å²) in [4.78, 5) is 14.2. The van der Waals surface area contributed by atoms with Gasteiger partial charge in [0.15, 0.2) is 5.82 Å². The Kier molecular flexibility index (Phi) is 6.20. The number of anilines is 1. The van der Waals surface area contributed by atoms with Crippen LogP contribution < -0.4 is 4.90 Å². The largest absolute Gasteiger partial charge is 0.354 e. The summed E-state index contributed by atoms with van der Waals surface area (Å²) >= 11 is 0. The van der Waals surface area contributed by atoms with Crippen LogP contribution in [0.15, 0.2) is 48.8 Å². The third-order valence-corrected chi connectivity index (χ3v) is 5.53. The van der Waals surface area contributed by atoms with E-state index in [0.29, 0.717) is 0 Å². The fraction of sp³-hybridized carbons (Fsp3) is 0.435. The van der Waals surface area contributed by atoms with Gasteiger partial charge in [-0.15, -0.1) is 0 Å². The van der Waals surface area contributed by atoms with E-state index in [4.69, 9.17) is 4.98 Å². The summed E-state index contributed by atoms with van der Waals surface area (Å²) in [5.74, 6) is 1.73. The quantitative estimate of drug-likeness (QED) is 0.645. The van der Waals surface area contributed by atoms with Gasteiger partial charge in [0.2, 0.25) is 0 Å². The maximum atomic E-state index is 4.85. The molecule has 1 fully saturated rings. The Labute approximate surface area is 173 Å². The molecule has 0 atom stereocenters. The lowest BCUT2D eigenvalue weighted by atomic mass is 10.1. The molecule has 1 aromatic carbocycles. The van der Waals surface area contributed by atoms with Crippen LogP contribution in [0.5, 0.6) is 0 Å². The first-order chi connectivity index (χ1) is 14.2. The van der Waals surface area contributed by atoms with Gasteiger partial charge in [0.05, 0.1) is 18.1 Å². The molecule has 0 aliphatic carbocycles. The van der Waals surface area contributed by atoms with Gasteiger partial charge in [-0.2, -0.15) is 5.10 Å². The lowest BCUT2D eigenvalue weighted by Gasteiger charge is -2.23. The van der Waals surface area contributed by atoms with Gasteiger partial charge >= 0.3 is 0 Å². The van der Waals surface area contributed by atoms with E-state index in [-0.39, 0.29) is 0 Å². The van der Waals surface area contributed by atoms with Crippen molar-refractivity contribution >= 4 is 5.82 Å². The summed E-state index contributed by atoms with van der Waals surface area (Å²) in [7, 11) is 0. The number of benzene rings is 1. The van der Waals surface area contributed by atoms with E-state index in [1.54, 1.807) is 6.20 Å². The molecule has 0 radical (unpaired) electrons. The minimum absolute atomic E-state index is 0.789. The van der Waals surface area contributed by atoms with E-state index in [9.17, 15) is 0 Å². The molecule has 6 nitrogen and oxygen atoms in total. The third kappa shape index (κ3) is 5.01. The molecular formula is C23H30N6. The zero-order chi connectivity index (χ0) is 20.1. The Hall–Kier alpha value is -2.73. The van der Waals surface area contributed by atoms with Crippen LogP contribution in [0.4, 0.5) is 5.82 Å². The first-order valence-corrected chi connectivity index (χ1v) is 10.6. The van der Waals surface area contributed by atoms with Gasteiger partial charge in [-0.3, -0.25) is 4.98 Å². The zero-order valence-electron chi connectivity index (χ0n) is 17.5. The summed E-state index contributed by atoms with van der Waals surface area (Å²) in [5.41, 5.74) is 3.50. The number of nitrogens with zero attached hydrogens (tertiary/aromatic N) is 6. The molecule has 1 aliphatic heterocycles. The van der Waals surface area contributed by atoms with Crippen LogP contribution in [0.25, 0.3) is 5.82 Å². The highest BCUT2D eigenvalue weighted by Gasteiger charge is 2.17. The Balaban J connectivity index is 1.35. The van der Waals surface area contributed by atoms with E-state index in [2.05, 4.69) is 56.3 Å². The molecule has 152 valence electrons. The smallest absolute Gasteiger partial charge is 0.174 e. The molecule has 0 spiro atoms. The molecular weight excluding hydrogens is 360 g/mol. The second-order valence-electron chi connectivity index (χ2n) is 7.85. The first-order valence-electron chi connectivity index (χ1n) is 10.6. The van der Waals surface area contributed by atoms with Crippen molar-refractivity contribution in [2.45, 2.75) is 33.1 Å². The van der Waals surface area contributed by atoms with Gasteiger partial charge < -0.3 is 9.80 Å². The summed E-state index contributed by atoms with van der Waals surface area (Å²) in [6.45, 7) is 9.43. The SMILES string of the molecule is Cc1cc(C)n(-c2cncc(N3CCCN(CCCc4ccccc4)CC3)n2)n1. The molecule has 4 rings (SSSR count). The fourth-order valence-corrected chi connectivity index (χ4v) is 4.04. The van der Waals surface area contributed by atoms with Crippen LogP contribution in [0.2, 0.25) is 0 Å². The van der Waals surface area contributed by atoms with Crippen LogP contribution >= 0.6 is 0 Å². The molecule has 0 bridgehead atoms. The van der Waals surface area contributed by atoms with E-state index < -0.39 is 0 Å². The molecule has 0 N–H and O–H groups in total. The minimum Gasteiger partial charge on any atom is -0.354 e. The average Bonchev–Trinajstić information content (AvgIpc) is 2.93.